The van der Waals surface area contributed by atoms with E-state index in [1.54, 1.807) is 6.07 Å². The lowest BCUT2D eigenvalue weighted by Crippen LogP contribution is -2.24. The average molecular weight is 497 g/mol. The Bertz CT molecular complexity index is 1100. The van der Waals surface area contributed by atoms with Gasteiger partial charge >= 0.3 is 0 Å². The van der Waals surface area contributed by atoms with E-state index in [1.807, 2.05) is 49.4 Å². The van der Waals surface area contributed by atoms with E-state index in [0.29, 0.717) is 35.6 Å². The minimum absolute atomic E-state index is 0.0305. The molecule has 0 saturated heterocycles. The fraction of sp³-hybridized carbons (Fsp3) is 0.333. The van der Waals surface area contributed by atoms with Crippen LogP contribution in [-0.2, 0) is 16.6 Å². The Morgan fingerprint density at radius 2 is 1.68 bits per heavy atom. The molecule has 0 saturated carbocycles. The highest BCUT2D eigenvalue weighted by molar-refractivity contribution is 7.93. The highest BCUT2D eigenvalue weighted by Crippen LogP contribution is 2.29. The number of hydrogen-bond donors (Lipinski definition) is 3. The second kappa shape index (κ2) is 11.7. The third-order valence-corrected chi connectivity index (χ3v) is 7.08. The summed E-state index contributed by atoms with van der Waals surface area (Å²) in [5.74, 6) is -0.196. The lowest BCUT2D eigenvalue weighted by Gasteiger charge is -2.21. The maximum Gasteiger partial charge on any atom is 0.261 e. The predicted octanol–water partition coefficient (Wildman–Crippen LogP) is 6.26. The van der Waals surface area contributed by atoms with Crippen molar-refractivity contribution in [3.05, 3.63) is 87.1 Å². The van der Waals surface area contributed by atoms with Gasteiger partial charge in [0, 0.05) is 22.9 Å². The van der Waals surface area contributed by atoms with E-state index in [-0.39, 0.29) is 17.2 Å². The molecule has 1 unspecified atom stereocenters. The molecule has 34 heavy (non-hydrogen) atoms. The van der Waals surface area contributed by atoms with Crippen LogP contribution >= 0.6 is 23.4 Å². The summed E-state index contributed by atoms with van der Waals surface area (Å²) in [4.78, 5) is 27.3. The van der Waals surface area contributed by atoms with Crippen LogP contribution in [0.4, 0.5) is 5.69 Å². The van der Waals surface area contributed by atoms with E-state index >= 15 is 0 Å². The number of amides is 2. The molecule has 0 bridgehead atoms. The molecule has 5 nitrogen and oxygen atoms in total. The number of carbonyl (C=O) groups is 2. The van der Waals surface area contributed by atoms with Crippen molar-refractivity contribution in [3.8, 4) is 0 Å². The molecule has 7 heteroatoms. The Hall–Kier alpha value is -2.61. The first kappa shape index (κ1) is 26.0. The number of anilines is 1. The Morgan fingerprint density at radius 1 is 1.00 bits per heavy atom. The van der Waals surface area contributed by atoms with Gasteiger partial charge in [0.15, 0.2) is 0 Å². The average Bonchev–Trinajstić information content (AvgIpc) is 3.27. The van der Waals surface area contributed by atoms with Crippen molar-refractivity contribution >= 4 is 40.9 Å². The number of benzene rings is 2. The summed E-state index contributed by atoms with van der Waals surface area (Å²) in [5, 5.41) is 5.85. The largest absolute Gasteiger partial charge is 0.350 e. The van der Waals surface area contributed by atoms with E-state index < -0.39 is 5.92 Å². The Labute approximate surface area is 210 Å². The maximum atomic E-state index is 13.4. The Morgan fingerprint density at radius 3 is 2.29 bits per heavy atom. The van der Waals surface area contributed by atoms with Crippen LogP contribution < -0.4 is 10.6 Å². The van der Waals surface area contributed by atoms with E-state index in [0.717, 1.165) is 21.7 Å². The molecule has 0 radical (unpaired) electrons. The van der Waals surface area contributed by atoms with Gasteiger partial charge in [-0.3, -0.25) is 9.59 Å². The van der Waals surface area contributed by atoms with Gasteiger partial charge in [-0.25, -0.2) is 0 Å². The van der Waals surface area contributed by atoms with Crippen molar-refractivity contribution in [1.82, 2.24) is 5.32 Å². The Balaban J connectivity index is 1.82. The van der Waals surface area contributed by atoms with Gasteiger partial charge in [-0.1, -0.05) is 62.7 Å². The van der Waals surface area contributed by atoms with Crippen molar-refractivity contribution in [2.75, 3.05) is 17.6 Å². The quantitative estimate of drug-likeness (QED) is 0.241. The van der Waals surface area contributed by atoms with Gasteiger partial charge in [-0.15, -0.1) is 11.3 Å². The third-order valence-electron chi connectivity index (χ3n) is 5.58. The van der Waals surface area contributed by atoms with E-state index in [9.17, 15) is 9.59 Å². The number of carbonyl (C=O) groups excluding carboxylic acids is 2. The van der Waals surface area contributed by atoms with Crippen LogP contribution in [-0.4, -0.2) is 28.7 Å². The summed E-state index contributed by atoms with van der Waals surface area (Å²) in [7, 11) is 0. The molecule has 0 aliphatic carbocycles. The van der Waals surface area contributed by atoms with Gasteiger partial charge in [0.1, 0.15) is 0 Å². The van der Waals surface area contributed by atoms with Crippen molar-refractivity contribution in [2.24, 2.45) is 0 Å². The molecule has 3 rings (SSSR count). The maximum absolute atomic E-state index is 13.4. The second-order valence-electron chi connectivity index (χ2n) is 9.34. The first-order chi connectivity index (χ1) is 16.2. The first-order valence-corrected chi connectivity index (χ1v) is 13.0. The summed E-state index contributed by atoms with van der Waals surface area (Å²) in [6.45, 7) is 8.91. The standard InChI is InChI=1S/C27H32N2O3S2/c1-18-5-11-21(12-6-18)29-25(30)23(19-7-9-20(10-8-19)27(2,3)4)17-22-13-14-24(34-22)26(31)28-15-16-33-32/h5-14,23,32H,15-17H2,1-4H3,(H,28,31)(H,29,30). The van der Waals surface area contributed by atoms with Crippen molar-refractivity contribution in [3.63, 3.8) is 0 Å². The molecule has 0 spiro atoms. The van der Waals surface area contributed by atoms with Crippen LogP contribution in [0.1, 0.15) is 57.9 Å². The summed E-state index contributed by atoms with van der Waals surface area (Å²) in [6, 6.07) is 19.7. The minimum Gasteiger partial charge on any atom is -0.350 e. The van der Waals surface area contributed by atoms with Crippen molar-refractivity contribution < 1.29 is 14.1 Å². The fourth-order valence-corrected chi connectivity index (χ4v) is 4.71. The topological polar surface area (TPSA) is 78.4 Å². The molecule has 2 aromatic carbocycles. The van der Waals surface area contributed by atoms with Gasteiger partial charge in [0.05, 0.1) is 10.8 Å². The van der Waals surface area contributed by atoms with Crippen molar-refractivity contribution in [2.45, 2.75) is 45.4 Å². The third kappa shape index (κ3) is 7.19. The van der Waals surface area contributed by atoms with E-state index in [4.69, 9.17) is 4.55 Å². The Kier molecular flexibility index (Phi) is 8.94. The lowest BCUT2D eigenvalue weighted by atomic mass is 9.85. The van der Waals surface area contributed by atoms with Gasteiger partial charge in [-0.05, 0) is 66.2 Å². The van der Waals surface area contributed by atoms with Crippen LogP contribution in [0.25, 0.3) is 0 Å². The summed E-state index contributed by atoms with van der Waals surface area (Å²) >= 11 is 2.09. The monoisotopic (exact) mass is 496 g/mol. The van der Waals surface area contributed by atoms with Crippen LogP contribution in [0.5, 0.6) is 0 Å². The highest BCUT2D eigenvalue weighted by atomic mass is 32.2. The minimum atomic E-state index is -0.393. The normalized spacial score (nSPS) is 12.3. The molecule has 1 aromatic heterocycles. The van der Waals surface area contributed by atoms with Gasteiger partial charge < -0.3 is 15.2 Å². The van der Waals surface area contributed by atoms with Gasteiger partial charge in [-0.2, -0.15) is 0 Å². The molecular formula is C27H32N2O3S2. The molecule has 0 aliphatic heterocycles. The van der Waals surface area contributed by atoms with Crippen LogP contribution in [0.3, 0.4) is 0 Å². The fourth-order valence-electron chi connectivity index (χ4n) is 3.55. The number of aryl methyl sites for hydroxylation is 1. The van der Waals surface area contributed by atoms with Crippen LogP contribution in [0.2, 0.25) is 0 Å². The molecule has 2 amide bonds. The number of thiophene rings is 1. The SMILES string of the molecule is Cc1ccc(NC(=O)C(Cc2ccc(C(=O)NCCSO)s2)c2ccc(C(C)(C)C)cc2)cc1. The van der Waals surface area contributed by atoms with Gasteiger partial charge in [0.25, 0.3) is 5.91 Å². The molecule has 1 atom stereocenters. The molecule has 1 heterocycles. The summed E-state index contributed by atoms with van der Waals surface area (Å²) < 4.78 is 8.82. The summed E-state index contributed by atoms with van der Waals surface area (Å²) in [6.07, 6.45) is 0.497. The smallest absolute Gasteiger partial charge is 0.261 e. The zero-order valence-electron chi connectivity index (χ0n) is 20.1. The predicted molar refractivity (Wildman–Crippen MR) is 143 cm³/mol. The number of hydrogen-bond acceptors (Lipinski definition) is 5. The van der Waals surface area contributed by atoms with Crippen LogP contribution in [0, 0.1) is 6.92 Å². The lowest BCUT2D eigenvalue weighted by molar-refractivity contribution is -0.117. The second-order valence-corrected chi connectivity index (χ2v) is 11.2. The zero-order chi connectivity index (χ0) is 24.7. The molecule has 0 aliphatic rings. The molecule has 0 fully saturated rings. The molecule has 3 N–H and O–H groups in total. The van der Waals surface area contributed by atoms with E-state index in [1.165, 1.54) is 16.9 Å². The number of nitrogens with one attached hydrogen (secondary N) is 2. The molecule has 180 valence electrons. The van der Waals surface area contributed by atoms with Crippen LogP contribution in [0.15, 0.2) is 60.7 Å². The molecule has 3 aromatic rings. The highest BCUT2D eigenvalue weighted by Gasteiger charge is 2.24. The van der Waals surface area contributed by atoms with E-state index in [2.05, 4.69) is 43.5 Å². The first-order valence-electron chi connectivity index (χ1n) is 11.3. The molecular weight excluding hydrogens is 464 g/mol. The summed E-state index contributed by atoms with van der Waals surface area (Å²) in [5.41, 5.74) is 4.08. The van der Waals surface area contributed by atoms with Crippen molar-refractivity contribution in [1.29, 1.82) is 0 Å². The zero-order valence-corrected chi connectivity index (χ0v) is 21.7. The van der Waals surface area contributed by atoms with Gasteiger partial charge in [0.2, 0.25) is 5.91 Å². The number of rotatable bonds is 9.